The summed E-state index contributed by atoms with van der Waals surface area (Å²) >= 11 is 3.50. The van der Waals surface area contributed by atoms with Crippen LogP contribution in [-0.4, -0.2) is 9.55 Å². The highest BCUT2D eigenvalue weighted by molar-refractivity contribution is 9.10. The van der Waals surface area contributed by atoms with Crippen LogP contribution in [0.25, 0.3) is 22.4 Å². The van der Waals surface area contributed by atoms with Gasteiger partial charge in [0.1, 0.15) is 5.82 Å². The maximum Gasteiger partial charge on any atom is 0.141 e. The third-order valence-corrected chi connectivity index (χ3v) is 5.03. The number of nitrogens with two attached hydrogens (primary N) is 1. The number of anilines is 1. The summed E-state index contributed by atoms with van der Waals surface area (Å²) in [7, 11) is 0. The Kier molecular flexibility index (Phi) is 3.41. The molecule has 0 radical (unpaired) electrons. The van der Waals surface area contributed by atoms with Gasteiger partial charge in [0.25, 0.3) is 0 Å². The maximum atomic E-state index is 5.94. The van der Waals surface area contributed by atoms with Crippen molar-refractivity contribution in [3.05, 3.63) is 46.9 Å². The third kappa shape index (κ3) is 2.31. The molecule has 0 atom stereocenters. The molecule has 2 N–H and O–H groups in total. The summed E-state index contributed by atoms with van der Waals surface area (Å²) < 4.78 is 3.51. The molecule has 1 heterocycles. The molecule has 1 aliphatic rings. The third-order valence-electron chi connectivity index (χ3n) is 4.51. The van der Waals surface area contributed by atoms with Crippen molar-refractivity contribution in [3.63, 3.8) is 0 Å². The van der Waals surface area contributed by atoms with Crippen LogP contribution in [0.1, 0.15) is 31.7 Å². The average molecular weight is 356 g/mol. The lowest BCUT2D eigenvalue weighted by molar-refractivity contribution is 0.537. The van der Waals surface area contributed by atoms with Gasteiger partial charge < -0.3 is 10.3 Å². The summed E-state index contributed by atoms with van der Waals surface area (Å²) in [6, 6.07) is 15.0. The second-order valence-corrected chi connectivity index (χ2v) is 6.91. The van der Waals surface area contributed by atoms with Gasteiger partial charge in [-0.25, -0.2) is 4.98 Å². The van der Waals surface area contributed by atoms with Gasteiger partial charge in [-0.2, -0.15) is 0 Å². The first-order valence-corrected chi connectivity index (χ1v) is 8.55. The molecule has 0 saturated heterocycles. The van der Waals surface area contributed by atoms with Crippen molar-refractivity contribution < 1.29 is 0 Å². The quantitative estimate of drug-likeness (QED) is 0.645. The first-order chi connectivity index (χ1) is 10.7. The number of nitrogen functional groups attached to an aromatic ring is 1. The standard InChI is InChI=1S/C18H18BrN3/c19-13-7-5-12(6-8-13)18-21-16-11-14(20)9-10-17(16)22(18)15-3-1-2-4-15/h5-11,15H,1-4,20H2. The van der Waals surface area contributed by atoms with Crippen LogP contribution >= 0.6 is 15.9 Å². The van der Waals surface area contributed by atoms with E-state index in [9.17, 15) is 0 Å². The number of nitrogens with zero attached hydrogens (tertiary/aromatic N) is 2. The Morgan fingerprint density at radius 3 is 2.50 bits per heavy atom. The van der Waals surface area contributed by atoms with Crippen LogP contribution in [0.2, 0.25) is 0 Å². The van der Waals surface area contributed by atoms with Gasteiger partial charge in [-0.05, 0) is 43.2 Å². The molecule has 0 amide bonds. The molecule has 112 valence electrons. The number of fused-ring (bicyclic) bond motifs is 1. The molecule has 1 aliphatic carbocycles. The molecule has 3 aromatic rings. The Balaban J connectivity index is 1.95. The molecule has 0 aliphatic heterocycles. The Bertz CT molecular complexity index is 814. The zero-order chi connectivity index (χ0) is 15.1. The summed E-state index contributed by atoms with van der Waals surface area (Å²) in [6.07, 6.45) is 5.08. The Labute approximate surface area is 138 Å². The van der Waals surface area contributed by atoms with Crippen LogP contribution in [0.3, 0.4) is 0 Å². The van der Waals surface area contributed by atoms with Crippen molar-refractivity contribution in [3.8, 4) is 11.4 Å². The van der Waals surface area contributed by atoms with Gasteiger partial charge in [0.15, 0.2) is 0 Å². The van der Waals surface area contributed by atoms with E-state index in [1.54, 1.807) is 0 Å². The van der Waals surface area contributed by atoms with Gasteiger partial charge in [-0.3, -0.25) is 0 Å². The molecule has 3 nitrogen and oxygen atoms in total. The minimum absolute atomic E-state index is 0.548. The minimum atomic E-state index is 0.548. The van der Waals surface area contributed by atoms with Gasteiger partial charge in [0.05, 0.1) is 11.0 Å². The number of hydrogen-bond donors (Lipinski definition) is 1. The predicted molar refractivity (Wildman–Crippen MR) is 94.8 cm³/mol. The molecule has 22 heavy (non-hydrogen) atoms. The van der Waals surface area contributed by atoms with Crippen molar-refractivity contribution in [1.82, 2.24) is 9.55 Å². The van der Waals surface area contributed by atoms with Crippen molar-refractivity contribution >= 4 is 32.7 Å². The Morgan fingerprint density at radius 2 is 1.77 bits per heavy atom. The first kappa shape index (κ1) is 13.8. The van der Waals surface area contributed by atoms with Crippen LogP contribution in [0.4, 0.5) is 5.69 Å². The van der Waals surface area contributed by atoms with Crippen LogP contribution in [0.5, 0.6) is 0 Å². The summed E-state index contributed by atoms with van der Waals surface area (Å²) in [6.45, 7) is 0. The molecule has 4 heteroatoms. The van der Waals surface area contributed by atoms with Gasteiger partial charge in [0.2, 0.25) is 0 Å². The molecule has 1 fully saturated rings. The lowest BCUT2D eigenvalue weighted by Crippen LogP contribution is -2.06. The largest absolute Gasteiger partial charge is 0.399 e. The van der Waals surface area contributed by atoms with Crippen molar-refractivity contribution in [2.75, 3.05) is 5.73 Å². The molecule has 4 rings (SSSR count). The fourth-order valence-corrected chi connectivity index (χ4v) is 3.71. The topological polar surface area (TPSA) is 43.8 Å². The fraction of sp³-hybridized carbons (Fsp3) is 0.278. The lowest BCUT2D eigenvalue weighted by Gasteiger charge is -2.16. The zero-order valence-corrected chi connectivity index (χ0v) is 13.9. The van der Waals surface area contributed by atoms with Crippen molar-refractivity contribution in [2.24, 2.45) is 0 Å². The normalized spacial score (nSPS) is 15.7. The summed E-state index contributed by atoms with van der Waals surface area (Å²) in [5.41, 5.74) is 10.1. The van der Waals surface area contributed by atoms with E-state index in [1.165, 1.54) is 31.2 Å². The Hall–Kier alpha value is -1.81. The van der Waals surface area contributed by atoms with E-state index in [0.29, 0.717) is 6.04 Å². The molecular weight excluding hydrogens is 338 g/mol. The number of imidazole rings is 1. The predicted octanol–water partition coefficient (Wildman–Crippen LogP) is 5.16. The Morgan fingerprint density at radius 1 is 1.05 bits per heavy atom. The van der Waals surface area contributed by atoms with Crippen molar-refractivity contribution in [2.45, 2.75) is 31.7 Å². The van der Waals surface area contributed by atoms with E-state index in [4.69, 9.17) is 10.7 Å². The number of benzene rings is 2. The number of rotatable bonds is 2. The second kappa shape index (κ2) is 5.43. The molecule has 1 saturated carbocycles. The van der Waals surface area contributed by atoms with Gasteiger partial charge in [-0.15, -0.1) is 0 Å². The van der Waals surface area contributed by atoms with Crippen LogP contribution < -0.4 is 5.73 Å². The average Bonchev–Trinajstić information content (AvgIpc) is 3.14. The highest BCUT2D eigenvalue weighted by Crippen LogP contribution is 2.37. The minimum Gasteiger partial charge on any atom is -0.399 e. The monoisotopic (exact) mass is 355 g/mol. The molecule has 2 aromatic carbocycles. The summed E-state index contributed by atoms with van der Waals surface area (Å²) in [5, 5.41) is 0. The van der Waals surface area contributed by atoms with Gasteiger partial charge in [0, 0.05) is 21.8 Å². The maximum absolute atomic E-state index is 5.94. The summed E-state index contributed by atoms with van der Waals surface area (Å²) in [4.78, 5) is 4.89. The number of hydrogen-bond acceptors (Lipinski definition) is 2. The molecule has 0 bridgehead atoms. The highest BCUT2D eigenvalue weighted by Gasteiger charge is 2.23. The molecule has 1 aromatic heterocycles. The van der Waals surface area contributed by atoms with E-state index in [1.807, 2.05) is 12.1 Å². The summed E-state index contributed by atoms with van der Waals surface area (Å²) in [5.74, 6) is 1.06. The van der Waals surface area contributed by atoms with E-state index < -0.39 is 0 Å². The molecule has 0 spiro atoms. The highest BCUT2D eigenvalue weighted by atomic mass is 79.9. The SMILES string of the molecule is Nc1ccc2c(c1)nc(-c1ccc(Br)cc1)n2C1CCCC1. The molecular formula is C18H18BrN3. The number of halogens is 1. The molecule has 0 unspecified atom stereocenters. The van der Waals surface area contributed by atoms with Crippen molar-refractivity contribution in [1.29, 1.82) is 0 Å². The fourth-order valence-electron chi connectivity index (χ4n) is 3.45. The number of aromatic nitrogens is 2. The van der Waals surface area contributed by atoms with Gasteiger partial charge >= 0.3 is 0 Å². The second-order valence-electron chi connectivity index (χ2n) is 6.00. The smallest absolute Gasteiger partial charge is 0.141 e. The van der Waals surface area contributed by atoms with Gasteiger partial charge in [-0.1, -0.05) is 40.9 Å². The van der Waals surface area contributed by atoms with E-state index in [0.717, 1.165) is 27.1 Å². The lowest BCUT2D eigenvalue weighted by atomic mass is 10.1. The van der Waals surface area contributed by atoms with Crippen LogP contribution in [-0.2, 0) is 0 Å². The first-order valence-electron chi connectivity index (χ1n) is 7.76. The van der Waals surface area contributed by atoms with E-state index >= 15 is 0 Å². The van der Waals surface area contributed by atoms with Crippen LogP contribution in [0, 0.1) is 0 Å². The van der Waals surface area contributed by atoms with E-state index in [-0.39, 0.29) is 0 Å². The van der Waals surface area contributed by atoms with Crippen LogP contribution in [0.15, 0.2) is 46.9 Å². The van der Waals surface area contributed by atoms with E-state index in [2.05, 4.69) is 50.8 Å². The zero-order valence-electron chi connectivity index (χ0n) is 12.3.